The van der Waals surface area contributed by atoms with Crippen molar-refractivity contribution in [3.63, 3.8) is 0 Å². The smallest absolute Gasteiger partial charge is 0.140 e. The molecule has 1 fully saturated rings. The molecule has 0 radical (unpaired) electrons. The molecule has 3 rings (SSSR count). The molecule has 2 aromatic rings. The standard InChI is InChI=1S/C24H30ClNO5/c1-16(26-30-10-9-29-2)18-5-3-17(4-6-18)11-20-12-19(7-8-23(20)25)24-14-21(28)13-22(15-27)31-24/h3-8,12,21-22,24,27-28H,9-11,13-15H2,1-2H3/b26-16+. The van der Waals surface area contributed by atoms with E-state index in [4.69, 9.17) is 25.9 Å². The van der Waals surface area contributed by atoms with Crippen LogP contribution in [-0.2, 0) is 20.7 Å². The lowest BCUT2D eigenvalue weighted by molar-refractivity contribution is -0.113. The Hall–Kier alpha value is -1.96. The van der Waals surface area contributed by atoms with Crippen molar-refractivity contribution in [3.05, 3.63) is 69.7 Å². The van der Waals surface area contributed by atoms with E-state index >= 15 is 0 Å². The van der Waals surface area contributed by atoms with Gasteiger partial charge in [0.1, 0.15) is 6.61 Å². The maximum atomic E-state index is 10.1. The molecular weight excluding hydrogens is 418 g/mol. The fourth-order valence-corrected chi connectivity index (χ4v) is 3.84. The largest absolute Gasteiger partial charge is 0.394 e. The van der Waals surface area contributed by atoms with Gasteiger partial charge in [0, 0.05) is 25.0 Å². The SMILES string of the molecule is COCCO/N=C(\C)c1ccc(Cc2cc(C3CC(O)CC(CO)O3)ccc2Cl)cc1. The molecule has 1 saturated heterocycles. The van der Waals surface area contributed by atoms with Crippen molar-refractivity contribution in [1.82, 2.24) is 0 Å². The summed E-state index contributed by atoms with van der Waals surface area (Å²) in [6, 6.07) is 14.0. The molecule has 168 valence electrons. The van der Waals surface area contributed by atoms with Crippen LogP contribution in [0.2, 0.25) is 5.02 Å². The van der Waals surface area contributed by atoms with Crippen molar-refractivity contribution in [2.75, 3.05) is 26.9 Å². The van der Waals surface area contributed by atoms with Crippen LogP contribution in [0.4, 0.5) is 0 Å². The zero-order chi connectivity index (χ0) is 22.2. The highest BCUT2D eigenvalue weighted by molar-refractivity contribution is 6.31. The van der Waals surface area contributed by atoms with Crippen molar-refractivity contribution < 1.29 is 24.5 Å². The number of methoxy groups -OCH3 is 1. The first-order chi connectivity index (χ1) is 15.0. The van der Waals surface area contributed by atoms with Gasteiger partial charge in [0.05, 0.1) is 37.2 Å². The predicted molar refractivity (Wildman–Crippen MR) is 121 cm³/mol. The predicted octanol–water partition coefficient (Wildman–Crippen LogP) is 3.89. The molecule has 7 heteroatoms. The summed E-state index contributed by atoms with van der Waals surface area (Å²) >= 11 is 6.46. The maximum absolute atomic E-state index is 10.1. The van der Waals surface area contributed by atoms with E-state index in [-0.39, 0.29) is 18.8 Å². The van der Waals surface area contributed by atoms with E-state index in [0.29, 0.717) is 37.5 Å². The molecule has 0 aliphatic carbocycles. The van der Waals surface area contributed by atoms with Crippen LogP contribution in [0.5, 0.6) is 0 Å². The molecule has 31 heavy (non-hydrogen) atoms. The van der Waals surface area contributed by atoms with E-state index in [9.17, 15) is 10.2 Å². The Labute approximate surface area is 188 Å². The highest BCUT2D eigenvalue weighted by Crippen LogP contribution is 2.33. The van der Waals surface area contributed by atoms with Crippen molar-refractivity contribution >= 4 is 17.3 Å². The first kappa shape index (κ1) is 23.7. The third kappa shape index (κ3) is 6.76. The van der Waals surface area contributed by atoms with Crippen molar-refractivity contribution in [1.29, 1.82) is 0 Å². The zero-order valence-corrected chi connectivity index (χ0v) is 18.7. The number of halogens is 1. The van der Waals surface area contributed by atoms with Crippen LogP contribution in [0, 0.1) is 0 Å². The van der Waals surface area contributed by atoms with Crippen LogP contribution < -0.4 is 0 Å². The van der Waals surface area contributed by atoms with Gasteiger partial charge in [-0.1, -0.05) is 53.2 Å². The second-order valence-corrected chi connectivity index (χ2v) is 8.19. The summed E-state index contributed by atoms with van der Waals surface area (Å²) in [5.41, 5.74) is 4.86. The van der Waals surface area contributed by atoms with Gasteiger partial charge in [0.2, 0.25) is 0 Å². The van der Waals surface area contributed by atoms with E-state index < -0.39 is 6.10 Å². The van der Waals surface area contributed by atoms with Crippen LogP contribution in [0.3, 0.4) is 0 Å². The summed E-state index contributed by atoms with van der Waals surface area (Å²) in [5.74, 6) is 0. The number of ether oxygens (including phenoxy) is 2. The van der Waals surface area contributed by atoms with E-state index in [2.05, 4.69) is 17.3 Å². The molecule has 0 spiro atoms. The lowest BCUT2D eigenvalue weighted by Gasteiger charge is -2.32. The number of nitrogens with zero attached hydrogens (tertiary/aromatic N) is 1. The summed E-state index contributed by atoms with van der Waals surface area (Å²) in [7, 11) is 1.62. The summed E-state index contributed by atoms with van der Waals surface area (Å²) in [5, 5.41) is 24.3. The first-order valence-corrected chi connectivity index (χ1v) is 10.9. The summed E-state index contributed by atoms with van der Waals surface area (Å²) in [6.45, 7) is 2.73. The quantitative estimate of drug-likeness (QED) is 0.346. The fraction of sp³-hybridized carbons (Fsp3) is 0.458. The van der Waals surface area contributed by atoms with Crippen LogP contribution in [-0.4, -0.2) is 55.1 Å². The second kappa shape index (κ2) is 11.6. The molecule has 3 unspecified atom stereocenters. The lowest BCUT2D eigenvalue weighted by atomic mass is 9.94. The Morgan fingerprint density at radius 2 is 1.94 bits per heavy atom. The second-order valence-electron chi connectivity index (χ2n) is 7.78. The van der Waals surface area contributed by atoms with Gasteiger partial charge in [0.25, 0.3) is 0 Å². The molecule has 0 bridgehead atoms. The lowest BCUT2D eigenvalue weighted by Crippen LogP contribution is -2.33. The zero-order valence-electron chi connectivity index (χ0n) is 18.0. The number of aliphatic hydroxyl groups excluding tert-OH is 2. The van der Waals surface area contributed by atoms with Gasteiger partial charge in [0.15, 0.2) is 0 Å². The van der Waals surface area contributed by atoms with Gasteiger partial charge in [-0.05, 0) is 41.7 Å². The molecule has 6 nitrogen and oxygen atoms in total. The minimum Gasteiger partial charge on any atom is -0.394 e. The first-order valence-electron chi connectivity index (χ1n) is 10.5. The summed E-state index contributed by atoms with van der Waals surface area (Å²) in [4.78, 5) is 5.23. The number of rotatable bonds is 9. The number of hydrogen-bond acceptors (Lipinski definition) is 6. The average molecular weight is 448 g/mol. The minimum absolute atomic E-state index is 0.0967. The topological polar surface area (TPSA) is 80.5 Å². The van der Waals surface area contributed by atoms with E-state index in [1.165, 1.54) is 0 Å². The van der Waals surface area contributed by atoms with Crippen molar-refractivity contribution in [2.24, 2.45) is 5.16 Å². The van der Waals surface area contributed by atoms with Crippen molar-refractivity contribution in [2.45, 2.75) is 44.5 Å². The van der Waals surface area contributed by atoms with E-state index in [1.54, 1.807) is 7.11 Å². The van der Waals surface area contributed by atoms with Gasteiger partial charge in [-0.25, -0.2) is 0 Å². The van der Waals surface area contributed by atoms with Gasteiger partial charge in [-0.15, -0.1) is 0 Å². The number of aliphatic hydroxyl groups is 2. The molecule has 2 N–H and O–H groups in total. The molecule has 2 aromatic carbocycles. The van der Waals surface area contributed by atoms with E-state index in [0.717, 1.165) is 28.0 Å². The van der Waals surface area contributed by atoms with Crippen LogP contribution in [0.25, 0.3) is 0 Å². The monoisotopic (exact) mass is 447 g/mol. The minimum atomic E-state index is -0.481. The highest BCUT2D eigenvalue weighted by atomic mass is 35.5. The van der Waals surface area contributed by atoms with Gasteiger partial charge < -0.3 is 24.5 Å². The Bertz CT molecular complexity index is 871. The number of hydrogen-bond donors (Lipinski definition) is 2. The highest BCUT2D eigenvalue weighted by Gasteiger charge is 2.29. The molecule has 1 heterocycles. The van der Waals surface area contributed by atoms with E-state index in [1.807, 2.05) is 37.3 Å². The van der Waals surface area contributed by atoms with Crippen LogP contribution >= 0.6 is 11.6 Å². The van der Waals surface area contributed by atoms with Gasteiger partial charge in [-0.2, -0.15) is 0 Å². The van der Waals surface area contributed by atoms with Crippen molar-refractivity contribution in [3.8, 4) is 0 Å². The molecular formula is C24H30ClNO5. The third-order valence-electron chi connectivity index (χ3n) is 5.37. The molecule has 0 amide bonds. The number of benzene rings is 2. The molecule has 3 atom stereocenters. The summed E-state index contributed by atoms with van der Waals surface area (Å²) < 4.78 is 10.9. The molecule has 1 aliphatic rings. The normalized spacial score (nSPS) is 21.8. The Morgan fingerprint density at radius 3 is 2.65 bits per heavy atom. The van der Waals surface area contributed by atoms with Gasteiger partial charge in [-0.3, -0.25) is 0 Å². The van der Waals surface area contributed by atoms with Crippen LogP contribution in [0.15, 0.2) is 47.6 Å². The summed E-state index contributed by atoms with van der Waals surface area (Å²) in [6.07, 6.45) is 0.565. The Balaban J connectivity index is 1.69. The van der Waals surface area contributed by atoms with Crippen LogP contribution in [0.1, 0.15) is 48.1 Å². The Kier molecular flexibility index (Phi) is 8.87. The third-order valence-corrected chi connectivity index (χ3v) is 5.74. The van der Waals surface area contributed by atoms with Gasteiger partial charge >= 0.3 is 0 Å². The molecule has 0 aromatic heterocycles. The maximum Gasteiger partial charge on any atom is 0.140 e. The molecule has 0 saturated carbocycles. The molecule has 1 aliphatic heterocycles. The Morgan fingerprint density at radius 1 is 1.16 bits per heavy atom. The number of oxime groups is 1. The fourth-order valence-electron chi connectivity index (χ4n) is 3.65. The average Bonchev–Trinajstić information content (AvgIpc) is 2.78.